The number of aromatic nitrogens is 2. The molecule has 284 valence electrons. The zero-order valence-corrected chi connectivity index (χ0v) is 33.1. The Morgan fingerprint density at radius 2 is 0.852 bits per heavy atom. The first-order valence-corrected chi connectivity index (χ1v) is 20.7. The number of hydrogen-bond acceptors (Lipinski definition) is 3. The predicted molar refractivity (Wildman–Crippen MR) is 254 cm³/mol. The Labute approximate surface area is 352 Å². The molecule has 0 aliphatic carbocycles. The van der Waals surface area contributed by atoms with Gasteiger partial charge in [-0.1, -0.05) is 194 Å². The highest BCUT2D eigenvalue weighted by atomic mass is 16.3. The summed E-state index contributed by atoms with van der Waals surface area (Å²) in [6.45, 7) is 0. The predicted octanol–water partition coefficient (Wildman–Crippen LogP) is 15.8. The molecule has 12 rings (SSSR count). The van der Waals surface area contributed by atoms with Crippen molar-refractivity contribution >= 4 is 54.3 Å². The summed E-state index contributed by atoms with van der Waals surface area (Å²) >= 11 is 0. The molecule has 3 heteroatoms. The van der Waals surface area contributed by atoms with Gasteiger partial charge < -0.3 is 4.42 Å². The minimum absolute atomic E-state index is 0.686. The van der Waals surface area contributed by atoms with E-state index >= 15 is 0 Å². The molecule has 0 unspecified atom stereocenters. The second-order valence-corrected chi connectivity index (χ2v) is 15.6. The Bertz CT molecular complexity index is 3630. The Morgan fingerprint density at radius 3 is 1.64 bits per heavy atom. The van der Waals surface area contributed by atoms with E-state index in [1.165, 1.54) is 49.0 Å². The smallest absolute Gasteiger partial charge is 0.160 e. The van der Waals surface area contributed by atoms with Gasteiger partial charge in [-0.25, -0.2) is 9.97 Å². The molecule has 2 heterocycles. The van der Waals surface area contributed by atoms with E-state index in [1.54, 1.807) is 0 Å². The van der Waals surface area contributed by atoms with Gasteiger partial charge in [0.2, 0.25) is 0 Å². The fourth-order valence-electron chi connectivity index (χ4n) is 9.29. The zero-order chi connectivity index (χ0) is 40.3. The quantitative estimate of drug-likeness (QED) is 0.125. The lowest BCUT2D eigenvalue weighted by Crippen LogP contribution is -1.96. The fourth-order valence-corrected chi connectivity index (χ4v) is 9.29. The highest BCUT2D eigenvalue weighted by molar-refractivity contribution is 6.28. The summed E-state index contributed by atoms with van der Waals surface area (Å²) in [5.41, 5.74) is 13.6. The van der Waals surface area contributed by atoms with E-state index < -0.39 is 0 Å². The van der Waals surface area contributed by atoms with E-state index in [0.717, 1.165) is 66.7 Å². The van der Waals surface area contributed by atoms with E-state index in [1.807, 2.05) is 36.4 Å². The first-order chi connectivity index (χ1) is 30.2. The number of para-hydroxylation sites is 1. The SMILES string of the molecule is c1ccc(-c2nc(-c3ccc(-c4c5ccccc5c(-c5ccccc5)c5c4ccc4ccccc45)cc3)cc(-c3cccc(-c4cccc5oc6ccccc6c45)c3)n2)cc1. The highest BCUT2D eigenvalue weighted by Gasteiger charge is 2.20. The maximum Gasteiger partial charge on any atom is 0.160 e. The monoisotopic (exact) mass is 776 g/mol. The molecule has 0 aliphatic heterocycles. The topological polar surface area (TPSA) is 38.9 Å². The molecule has 0 fully saturated rings. The Hall–Kier alpha value is -8.14. The van der Waals surface area contributed by atoms with Crippen LogP contribution in [0.15, 0.2) is 223 Å². The molecule has 3 nitrogen and oxygen atoms in total. The van der Waals surface area contributed by atoms with Gasteiger partial charge >= 0.3 is 0 Å². The summed E-state index contributed by atoms with van der Waals surface area (Å²) in [4.78, 5) is 10.4. The first kappa shape index (κ1) is 34.9. The van der Waals surface area contributed by atoms with Gasteiger partial charge in [-0.15, -0.1) is 0 Å². The zero-order valence-electron chi connectivity index (χ0n) is 33.1. The van der Waals surface area contributed by atoms with Gasteiger partial charge in [-0.3, -0.25) is 0 Å². The number of nitrogens with zero attached hydrogens (tertiary/aromatic N) is 2. The first-order valence-electron chi connectivity index (χ1n) is 20.7. The summed E-state index contributed by atoms with van der Waals surface area (Å²) in [7, 11) is 0. The van der Waals surface area contributed by atoms with Crippen LogP contribution in [0.25, 0.3) is 122 Å². The summed E-state index contributed by atoms with van der Waals surface area (Å²) in [5.74, 6) is 0.686. The second kappa shape index (κ2) is 14.3. The molecular formula is C58H36N2O. The van der Waals surface area contributed by atoms with Gasteiger partial charge in [-0.05, 0) is 90.0 Å². The van der Waals surface area contributed by atoms with Gasteiger partial charge in [0.05, 0.1) is 11.4 Å². The molecule has 61 heavy (non-hydrogen) atoms. The molecule has 2 aromatic heterocycles. The van der Waals surface area contributed by atoms with E-state index in [2.05, 4.69) is 182 Å². The normalized spacial score (nSPS) is 11.6. The van der Waals surface area contributed by atoms with Gasteiger partial charge in [0.1, 0.15) is 11.2 Å². The molecule has 0 amide bonds. The minimum Gasteiger partial charge on any atom is -0.456 e. The molecule has 0 spiro atoms. The number of benzene rings is 10. The molecule has 0 saturated heterocycles. The number of furan rings is 1. The van der Waals surface area contributed by atoms with Crippen LogP contribution in [0.3, 0.4) is 0 Å². The van der Waals surface area contributed by atoms with Crippen molar-refractivity contribution in [2.75, 3.05) is 0 Å². The van der Waals surface area contributed by atoms with Gasteiger partial charge in [-0.2, -0.15) is 0 Å². The van der Waals surface area contributed by atoms with Gasteiger partial charge in [0, 0.05) is 27.5 Å². The molecule has 12 aromatic rings. The average molecular weight is 777 g/mol. The Morgan fingerprint density at radius 1 is 0.295 bits per heavy atom. The summed E-state index contributed by atoms with van der Waals surface area (Å²) < 4.78 is 6.26. The number of hydrogen-bond donors (Lipinski definition) is 0. The Kier molecular flexibility index (Phi) is 8.17. The molecule has 0 radical (unpaired) electrons. The van der Waals surface area contributed by atoms with Crippen molar-refractivity contribution in [3.8, 4) is 67.3 Å². The van der Waals surface area contributed by atoms with E-state index in [0.29, 0.717) is 5.82 Å². The third-order valence-corrected chi connectivity index (χ3v) is 12.1. The molecule has 0 saturated carbocycles. The van der Waals surface area contributed by atoms with E-state index in [4.69, 9.17) is 14.4 Å². The van der Waals surface area contributed by atoms with Crippen LogP contribution in [0.1, 0.15) is 0 Å². The maximum absolute atomic E-state index is 6.26. The van der Waals surface area contributed by atoms with Crippen LogP contribution in [0, 0.1) is 0 Å². The molecule has 0 bridgehead atoms. The van der Waals surface area contributed by atoms with Crippen LogP contribution in [0.5, 0.6) is 0 Å². The largest absolute Gasteiger partial charge is 0.456 e. The van der Waals surface area contributed by atoms with Crippen LogP contribution < -0.4 is 0 Å². The van der Waals surface area contributed by atoms with Crippen LogP contribution in [0.2, 0.25) is 0 Å². The van der Waals surface area contributed by atoms with Crippen molar-refractivity contribution < 1.29 is 4.42 Å². The summed E-state index contributed by atoms with van der Waals surface area (Å²) in [5, 5.41) is 9.69. The lowest BCUT2D eigenvalue weighted by Gasteiger charge is -2.19. The van der Waals surface area contributed by atoms with Crippen LogP contribution in [-0.4, -0.2) is 9.97 Å². The molecule has 10 aromatic carbocycles. The number of rotatable bonds is 6. The van der Waals surface area contributed by atoms with Crippen molar-refractivity contribution in [3.05, 3.63) is 218 Å². The van der Waals surface area contributed by atoms with Crippen LogP contribution in [-0.2, 0) is 0 Å². The van der Waals surface area contributed by atoms with Crippen LogP contribution in [0.4, 0.5) is 0 Å². The molecule has 0 aliphatic rings. The molecule has 0 atom stereocenters. The fraction of sp³-hybridized carbons (Fsp3) is 0. The van der Waals surface area contributed by atoms with Crippen molar-refractivity contribution in [2.24, 2.45) is 0 Å². The van der Waals surface area contributed by atoms with Gasteiger partial charge in [0.15, 0.2) is 5.82 Å². The maximum atomic E-state index is 6.26. The van der Waals surface area contributed by atoms with Crippen molar-refractivity contribution in [1.82, 2.24) is 9.97 Å². The van der Waals surface area contributed by atoms with Gasteiger partial charge in [0.25, 0.3) is 0 Å². The lowest BCUT2D eigenvalue weighted by molar-refractivity contribution is 0.669. The van der Waals surface area contributed by atoms with Crippen molar-refractivity contribution in [3.63, 3.8) is 0 Å². The lowest BCUT2D eigenvalue weighted by atomic mass is 9.84. The second-order valence-electron chi connectivity index (χ2n) is 15.6. The standard InChI is InChI=1S/C58H36N2O/c1-3-16-39(17-4-1)55-47-24-10-9-23-46(47)54(49-34-33-37-15-7-8-22-44(37)57(49)55)40-31-29-38(30-32-40)50-36-51(60-58(59-50)41-18-5-2-6-19-41)43-21-13-20-42(35-43)45-26-14-28-53-56(45)48-25-11-12-27-52(48)61-53/h1-36H. The Balaban J connectivity index is 1.02. The van der Waals surface area contributed by atoms with Crippen molar-refractivity contribution in [1.29, 1.82) is 0 Å². The average Bonchev–Trinajstić information content (AvgIpc) is 3.73. The number of fused-ring (bicyclic) bond motifs is 7. The highest BCUT2D eigenvalue weighted by Crippen LogP contribution is 2.46. The van der Waals surface area contributed by atoms with Crippen LogP contribution >= 0.6 is 0 Å². The molecular weight excluding hydrogens is 741 g/mol. The third-order valence-electron chi connectivity index (χ3n) is 12.1. The summed E-state index contributed by atoms with van der Waals surface area (Å²) in [6.07, 6.45) is 0. The van der Waals surface area contributed by atoms with E-state index in [9.17, 15) is 0 Å². The molecule has 0 N–H and O–H groups in total. The van der Waals surface area contributed by atoms with E-state index in [-0.39, 0.29) is 0 Å². The summed E-state index contributed by atoms with van der Waals surface area (Å²) in [6, 6.07) is 77.5. The van der Waals surface area contributed by atoms with Crippen molar-refractivity contribution in [2.45, 2.75) is 0 Å². The third kappa shape index (κ3) is 5.90. The minimum atomic E-state index is 0.686.